The Kier molecular flexibility index (Phi) is 5.55. The average Bonchev–Trinajstić information content (AvgIpc) is 3.08. The van der Waals surface area contributed by atoms with Gasteiger partial charge in [-0.3, -0.25) is 0 Å². The van der Waals surface area contributed by atoms with E-state index >= 15 is 0 Å². The highest BCUT2D eigenvalue weighted by Gasteiger charge is 2.35. The molecule has 0 aliphatic rings. The molecule has 6 nitrogen and oxygen atoms in total. The quantitative estimate of drug-likeness (QED) is 0.629. The molecular weight excluding hydrogens is 393 g/mol. The molecule has 3 rings (SSSR count). The van der Waals surface area contributed by atoms with Crippen LogP contribution in [0.3, 0.4) is 0 Å². The minimum Gasteiger partial charge on any atom is -0.348 e. The molecule has 2 aromatic heterocycles. The number of hydrogen-bond acceptors (Lipinski definition) is 5. The first-order chi connectivity index (χ1) is 13.1. The zero-order chi connectivity index (χ0) is 20.5. The van der Waals surface area contributed by atoms with Crippen molar-refractivity contribution < 1.29 is 13.2 Å². The van der Waals surface area contributed by atoms with Crippen molar-refractivity contribution >= 4 is 17.5 Å². The lowest BCUT2D eigenvalue weighted by Gasteiger charge is -2.15. The minimum absolute atomic E-state index is 0.0843. The summed E-state index contributed by atoms with van der Waals surface area (Å²) in [5, 5.41) is 3.18. The van der Waals surface area contributed by atoms with Crippen LogP contribution in [0.4, 0.5) is 19.1 Å². The number of alkyl halides is 3. The summed E-state index contributed by atoms with van der Waals surface area (Å²) in [7, 11) is 0. The number of anilines is 1. The van der Waals surface area contributed by atoms with Gasteiger partial charge in [-0.25, -0.2) is 15.0 Å². The summed E-state index contributed by atoms with van der Waals surface area (Å²) >= 11 is 5.75. The van der Waals surface area contributed by atoms with E-state index in [1.807, 2.05) is 32.9 Å². The fraction of sp³-hybridized carbons (Fsp3) is 0.333. The summed E-state index contributed by atoms with van der Waals surface area (Å²) in [5.41, 5.74) is 0.601. The first kappa shape index (κ1) is 20.1. The third-order valence-corrected chi connectivity index (χ3v) is 4.32. The molecule has 148 valence electrons. The second-order valence-electron chi connectivity index (χ2n) is 6.51. The Hall–Kier alpha value is -2.68. The van der Waals surface area contributed by atoms with Gasteiger partial charge in [0.2, 0.25) is 11.2 Å². The van der Waals surface area contributed by atoms with Crippen molar-refractivity contribution in [2.24, 2.45) is 0 Å². The molecule has 2 heterocycles. The van der Waals surface area contributed by atoms with Crippen LogP contribution >= 0.6 is 11.6 Å². The molecule has 0 fully saturated rings. The number of nitrogens with one attached hydrogen (secondary N) is 1. The van der Waals surface area contributed by atoms with Crippen molar-refractivity contribution in [3.05, 3.63) is 53.3 Å². The molecule has 0 radical (unpaired) electrons. The summed E-state index contributed by atoms with van der Waals surface area (Å²) in [6.45, 7) is 5.53. The Morgan fingerprint density at radius 3 is 2.29 bits per heavy atom. The predicted octanol–water partition coefficient (Wildman–Crippen LogP) is 5.16. The first-order valence-corrected chi connectivity index (χ1v) is 8.90. The van der Waals surface area contributed by atoms with Crippen molar-refractivity contribution in [1.82, 2.24) is 24.5 Å². The van der Waals surface area contributed by atoms with E-state index in [4.69, 9.17) is 11.6 Å². The van der Waals surface area contributed by atoms with E-state index in [0.29, 0.717) is 11.5 Å². The van der Waals surface area contributed by atoms with Gasteiger partial charge in [-0.05, 0) is 37.9 Å². The SMILES string of the molecule is CC(C)n1cc(C(F)(F)F)nc1-c1ccc([C@@H](C)Nc2ncnc(Cl)n2)cc1. The van der Waals surface area contributed by atoms with Gasteiger partial charge >= 0.3 is 6.18 Å². The highest BCUT2D eigenvalue weighted by Crippen LogP contribution is 2.33. The number of aromatic nitrogens is 5. The number of nitrogens with zero attached hydrogens (tertiary/aromatic N) is 5. The minimum atomic E-state index is -4.49. The monoisotopic (exact) mass is 410 g/mol. The molecular formula is C18H18ClF3N6. The molecule has 3 aromatic rings. The van der Waals surface area contributed by atoms with Crippen LogP contribution in [0.2, 0.25) is 5.28 Å². The zero-order valence-corrected chi connectivity index (χ0v) is 16.1. The van der Waals surface area contributed by atoms with Crippen molar-refractivity contribution in [1.29, 1.82) is 0 Å². The molecule has 0 bridgehead atoms. The van der Waals surface area contributed by atoms with Crippen LogP contribution in [-0.2, 0) is 6.18 Å². The van der Waals surface area contributed by atoms with Crippen molar-refractivity contribution in [3.8, 4) is 11.4 Å². The second kappa shape index (κ2) is 7.75. The van der Waals surface area contributed by atoms with Crippen molar-refractivity contribution in [2.75, 3.05) is 5.32 Å². The van der Waals surface area contributed by atoms with E-state index in [1.54, 1.807) is 12.1 Å². The number of halogens is 4. The van der Waals surface area contributed by atoms with Gasteiger partial charge in [0, 0.05) is 17.8 Å². The standard InChI is InChI=1S/C18H18ClF3N6/c1-10(2)28-8-14(18(20,21)22)26-15(28)13-6-4-12(5-7-13)11(3)25-17-24-9-23-16(19)27-17/h4-11H,1-3H3,(H,23,24,25,27)/t11-/m1/s1. The maximum Gasteiger partial charge on any atom is 0.434 e. The second-order valence-corrected chi connectivity index (χ2v) is 6.85. The van der Waals surface area contributed by atoms with Gasteiger partial charge < -0.3 is 9.88 Å². The van der Waals surface area contributed by atoms with E-state index in [2.05, 4.69) is 25.3 Å². The molecule has 0 amide bonds. The normalized spacial score (nSPS) is 13.0. The summed E-state index contributed by atoms with van der Waals surface area (Å²) in [4.78, 5) is 15.5. The van der Waals surface area contributed by atoms with Gasteiger partial charge in [-0.2, -0.15) is 18.2 Å². The Bertz CT molecular complexity index is 953. The fourth-order valence-corrected chi connectivity index (χ4v) is 2.80. The van der Waals surface area contributed by atoms with Gasteiger partial charge in [0.25, 0.3) is 0 Å². The van der Waals surface area contributed by atoms with Crippen LogP contribution < -0.4 is 5.32 Å². The molecule has 0 saturated carbocycles. The lowest BCUT2D eigenvalue weighted by atomic mass is 10.1. The average molecular weight is 411 g/mol. The van der Waals surface area contributed by atoms with Crippen LogP contribution in [0.15, 0.2) is 36.8 Å². The van der Waals surface area contributed by atoms with Gasteiger partial charge in [0.15, 0.2) is 5.69 Å². The molecule has 0 aliphatic heterocycles. The fourth-order valence-electron chi connectivity index (χ4n) is 2.68. The molecule has 28 heavy (non-hydrogen) atoms. The van der Waals surface area contributed by atoms with E-state index in [9.17, 15) is 13.2 Å². The Balaban J connectivity index is 1.85. The first-order valence-electron chi connectivity index (χ1n) is 8.52. The van der Waals surface area contributed by atoms with Crippen molar-refractivity contribution in [2.45, 2.75) is 39.0 Å². The third-order valence-electron chi connectivity index (χ3n) is 4.14. The van der Waals surface area contributed by atoms with E-state index in [1.165, 1.54) is 10.9 Å². The van der Waals surface area contributed by atoms with Crippen LogP contribution in [0.5, 0.6) is 0 Å². The lowest BCUT2D eigenvalue weighted by molar-refractivity contribution is -0.140. The van der Waals surface area contributed by atoms with Gasteiger partial charge in [0.05, 0.1) is 6.04 Å². The summed E-state index contributed by atoms with van der Waals surface area (Å²) in [5.74, 6) is 0.612. The number of benzene rings is 1. The number of rotatable bonds is 5. The number of imidazole rings is 1. The molecule has 10 heteroatoms. The van der Waals surface area contributed by atoms with E-state index in [0.717, 1.165) is 11.8 Å². The van der Waals surface area contributed by atoms with Crippen molar-refractivity contribution in [3.63, 3.8) is 0 Å². The van der Waals surface area contributed by atoms with Crippen LogP contribution in [0.25, 0.3) is 11.4 Å². The topological polar surface area (TPSA) is 68.5 Å². The summed E-state index contributed by atoms with van der Waals surface area (Å²) in [6, 6.07) is 6.82. The molecule has 1 atom stereocenters. The lowest BCUT2D eigenvalue weighted by Crippen LogP contribution is -2.10. The summed E-state index contributed by atoms with van der Waals surface area (Å²) in [6.07, 6.45) is -2.14. The molecule has 0 unspecified atom stereocenters. The van der Waals surface area contributed by atoms with Crippen LogP contribution in [-0.4, -0.2) is 24.5 Å². The van der Waals surface area contributed by atoms with Crippen LogP contribution in [0.1, 0.15) is 44.1 Å². The Morgan fingerprint density at radius 2 is 1.71 bits per heavy atom. The van der Waals surface area contributed by atoms with E-state index < -0.39 is 11.9 Å². The maximum absolute atomic E-state index is 13.1. The smallest absolute Gasteiger partial charge is 0.348 e. The highest BCUT2D eigenvalue weighted by atomic mass is 35.5. The molecule has 1 N–H and O–H groups in total. The predicted molar refractivity (Wildman–Crippen MR) is 99.9 cm³/mol. The third kappa shape index (κ3) is 4.41. The Morgan fingerprint density at radius 1 is 1.04 bits per heavy atom. The zero-order valence-electron chi connectivity index (χ0n) is 15.4. The largest absolute Gasteiger partial charge is 0.434 e. The van der Waals surface area contributed by atoms with E-state index in [-0.39, 0.29) is 23.2 Å². The Labute approximate surface area is 164 Å². The molecule has 0 aliphatic carbocycles. The molecule has 0 saturated heterocycles. The van der Waals surface area contributed by atoms with Gasteiger partial charge in [-0.15, -0.1) is 0 Å². The number of hydrogen-bond donors (Lipinski definition) is 1. The van der Waals surface area contributed by atoms with Crippen LogP contribution in [0, 0.1) is 0 Å². The van der Waals surface area contributed by atoms with Gasteiger partial charge in [-0.1, -0.05) is 24.3 Å². The molecule has 0 spiro atoms. The highest BCUT2D eigenvalue weighted by molar-refractivity contribution is 6.28. The summed E-state index contributed by atoms with van der Waals surface area (Å²) < 4.78 is 40.7. The molecule has 1 aromatic carbocycles. The van der Waals surface area contributed by atoms with Gasteiger partial charge in [0.1, 0.15) is 12.2 Å². The maximum atomic E-state index is 13.1.